The number of imide groups is 1. The van der Waals surface area contributed by atoms with E-state index in [0.29, 0.717) is 39.6 Å². The minimum atomic E-state index is -0.401. The van der Waals surface area contributed by atoms with Crippen LogP contribution >= 0.6 is 35.0 Å². The predicted octanol–water partition coefficient (Wildman–Crippen LogP) is 6.89. The summed E-state index contributed by atoms with van der Waals surface area (Å²) in [5.74, 6) is 1.30. The molecule has 0 saturated carbocycles. The van der Waals surface area contributed by atoms with Crippen LogP contribution < -0.4 is 9.64 Å². The van der Waals surface area contributed by atoms with E-state index in [9.17, 15) is 9.59 Å². The second kappa shape index (κ2) is 8.60. The lowest BCUT2D eigenvalue weighted by molar-refractivity contribution is -0.113. The van der Waals surface area contributed by atoms with Crippen LogP contribution in [0.3, 0.4) is 0 Å². The van der Waals surface area contributed by atoms with Crippen LogP contribution in [0.15, 0.2) is 63.9 Å². The van der Waals surface area contributed by atoms with Gasteiger partial charge in [0.15, 0.2) is 0 Å². The summed E-state index contributed by atoms with van der Waals surface area (Å²) in [6, 6.07) is 15.5. The normalized spacial score (nSPS) is 15.3. The molecule has 0 spiro atoms. The number of amides is 2. The summed E-state index contributed by atoms with van der Waals surface area (Å²) in [5, 5.41) is 0.505. The summed E-state index contributed by atoms with van der Waals surface area (Å²) in [4.78, 5) is 26.6. The average Bonchev–Trinajstić information content (AvgIpc) is 3.30. The van der Waals surface area contributed by atoms with Gasteiger partial charge in [0, 0.05) is 11.6 Å². The fourth-order valence-corrected chi connectivity index (χ4v) is 4.03. The van der Waals surface area contributed by atoms with Crippen molar-refractivity contribution in [1.82, 2.24) is 0 Å². The Bertz CT molecular complexity index is 1150. The molecule has 3 aromatic rings. The highest BCUT2D eigenvalue weighted by molar-refractivity contribution is 8.19. The molecule has 1 fully saturated rings. The van der Waals surface area contributed by atoms with E-state index in [0.717, 1.165) is 22.2 Å². The van der Waals surface area contributed by atoms with E-state index in [1.807, 2.05) is 6.92 Å². The first kappa shape index (κ1) is 20.6. The van der Waals surface area contributed by atoms with Crippen molar-refractivity contribution in [1.29, 1.82) is 0 Å². The smallest absolute Gasteiger partial charge is 0.298 e. The fraction of sp³-hybridized carbons (Fsp3) is 0.0909. The van der Waals surface area contributed by atoms with Gasteiger partial charge >= 0.3 is 0 Å². The summed E-state index contributed by atoms with van der Waals surface area (Å²) >= 11 is 12.9. The van der Waals surface area contributed by atoms with Gasteiger partial charge in [0.05, 0.1) is 27.2 Å². The third-order valence-corrected chi connectivity index (χ3v) is 5.91. The maximum absolute atomic E-state index is 12.8. The number of anilines is 1. The van der Waals surface area contributed by atoms with Gasteiger partial charge < -0.3 is 9.15 Å². The highest BCUT2D eigenvalue weighted by Crippen LogP contribution is 2.37. The zero-order valence-electron chi connectivity index (χ0n) is 15.7. The number of hydrogen-bond acceptors (Lipinski definition) is 5. The molecule has 8 heteroatoms. The minimum Gasteiger partial charge on any atom is -0.494 e. The van der Waals surface area contributed by atoms with E-state index < -0.39 is 5.91 Å². The van der Waals surface area contributed by atoms with Crippen molar-refractivity contribution >= 4 is 57.9 Å². The Balaban J connectivity index is 1.56. The number of carbonyl (C=O) groups excluding carboxylic acids is 2. The van der Waals surface area contributed by atoms with Gasteiger partial charge in [-0.1, -0.05) is 23.2 Å². The first-order chi connectivity index (χ1) is 14.5. The number of thioether (sulfide) groups is 1. The monoisotopic (exact) mass is 459 g/mol. The summed E-state index contributed by atoms with van der Waals surface area (Å²) in [5.41, 5.74) is 1.24. The van der Waals surface area contributed by atoms with E-state index >= 15 is 0 Å². The van der Waals surface area contributed by atoms with E-state index in [-0.39, 0.29) is 10.1 Å². The molecule has 2 aromatic carbocycles. The Morgan fingerprint density at radius 1 is 1.03 bits per heavy atom. The molecule has 0 N–H and O–H groups in total. The molecule has 0 bridgehead atoms. The van der Waals surface area contributed by atoms with Gasteiger partial charge in [0.2, 0.25) is 0 Å². The Kier molecular flexibility index (Phi) is 5.90. The van der Waals surface area contributed by atoms with Gasteiger partial charge in [-0.05, 0) is 73.3 Å². The predicted molar refractivity (Wildman–Crippen MR) is 120 cm³/mol. The molecule has 2 amide bonds. The molecule has 0 atom stereocenters. The zero-order valence-corrected chi connectivity index (χ0v) is 18.1. The molecule has 1 aliphatic heterocycles. The number of hydrogen-bond donors (Lipinski definition) is 0. The lowest BCUT2D eigenvalue weighted by atomic mass is 10.2. The van der Waals surface area contributed by atoms with Gasteiger partial charge in [-0.2, -0.15) is 0 Å². The maximum Gasteiger partial charge on any atom is 0.298 e. The number of furan rings is 1. The first-order valence-corrected chi connectivity index (χ1v) is 10.6. The van der Waals surface area contributed by atoms with Crippen molar-refractivity contribution in [3.63, 3.8) is 0 Å². The number of nitrogens with zero attached hydrogens (tertiary/aromatic N) is 1. The molecule has 30 heavy (non-hydrogen) atoms. The van der Waals surface area contributed by atoms with Crippen LogP contribution in [-0.2, 0) is 4.79 Å². The molecule has 5 nitrogen and oxygen atoms in total. The topological polar surface area (TPSA) is 59.8 Å². The van der Waals surface area contributed by atoms with E-state index in [1.54, 1.807) is 60.7 Å². The molecule has 0 radical (unpaired) electrons. The third-order valence-electron chi connectivity index (χ3n) is 4.30. The van der Waals surface area contributed by atoms with Gasteiger partial charge in [-0.3, -0.25) is 9.59 Å². The van der Waals surface area contributed by atoms with Gasteiger partial charge in [-0.25, -0.2) is 4.90 Å². The number of rotatable bonds is 5. The molecule has 1 aromatic heterocycles. The molecule has 152 valence electrons. The SMILES string of the molecule is CCOc1ccc(N2C(=O)S/C(=C/c3ccc(-c4ccc(Cl)c(Cl)c4)o3)C2=O)cc1. The Hall–Kier alpha value is -2.67. The number of carbonyl (C=O) groups is 2. The summed E-state index contributed by atoms with van der Waals surface area (Å²) in [7, 11) is 0. The lowest BCUT2D eigenvalue weighted by Crippen LogP contribution is -2.27. The largest absolute Gasteiger partial charge is 0.494 e. The molecular weight excluding hydrogens is 445 g/mol. The Labute approximate surface area is 187 Å². The van der Waals surface area contributed by atoms with Crippen LogP contribution in [0.4, 0.5) is 10.5 Å². The quantitative estimate of drug-likeness (QED) is 0.388. The first-order valence-electron chi connectivity index (χ1n) is 9.02. The fourth-order valence-electron chi connectivity index (χ4n) is 2.91. The standard InChI is InChI=1S/C22H15Cl2NO4S/c1-2-28-15-6-4-14(5-7-15)25-21(26)20(30-22(25)27)12-16-8-10-19(29-16)13-3-9-17(23)18(24)11-13/h3-12H,2H2,1H3/b20-12+. The third kappa shape index (κ3) is 4.12. The van der Waals surface area contributed by atoms with Crippen LogP contribution in [-0.4, -0.2) is 17.8 Å². The molecule has 0 unspecified atom stereocenters. The van der Waals surface area contributed by atoms with Crippen molar-refractivity contribution < 1.29 is 18.7 Å². The van der Waals surface area contributed by atoms with E-state index in [4.69, 9.17) is 32.4 Å². The van der Waals surface area contributed by atoms with Crippen molar-refractivity contribution in [2.75, 3.05) is 11.5 Å². The maximum atomic E-state index is 12.8. The Morgan fingerprint density at radius 2 is 1.80 bits per heavy atom. The van der Waals surface area contributed by atoms with Crippen molar-refractivity contribution in [2.24, 2.45) is 0 Å². The highest BCUT2D eigenvalue weighted by atomic mass is 35.5. The van der Waals surface area contributed by atoms with Crippen LogP contribution in [0.5, 0.6) is 5.75 Å². The summed E-state index contributed by atoms with van der Waals surface area (Å²) < 4.78 is 11.2. The number of benzene rings is 2. The highest BCUT2D eigenvalue weighted by Gasteiger charge is 2.36. The van der Waals surface area contributed by atoms with Crippen molar-refractivity contribution in [2.45, 2.75) is 6.92 Å². The molecule has 2 heterocycles. The molecule has 4 rings (SSSR count). The Morgan fingerprint density at radius 3 is 2.50 bits per heavy atom. The molecule has 1 saturated heterocycles. The van der Waals surface area contributed by atoms with E-state index in [2.05, 4.69) is 0 Å². The van der Waals surface area contributed by atoms with Crippen LogP contribution in [0.1, 0.15) is 12.7 Å². The molecule has 1 aliphatic rings. The number of ether oxygens (including phenoxy) is 1. The number of halogens is 2. The van der Waals surface area contributed by atoms with Crippen LogP contribution in [0.25, 0.3) is 17.4 Å². The average molecular weight is 460 g/mol. The second-order valence-corrected chi connectivity index (χ2v) is 8.08. The minimum absolute atomic E-state index is 0.281. The van der Waals surface area contributed by atoms with E-state index in [1.165, 1.54) is 0 Å². The van der Waals surface area contributed by atoms with Crippen molar-refractivity contribution in [3.05, 3.63) is 75.3 Å². The van der Waals surface area contributed by atoms with Crippen LogP contribution in [0.2, 0.25) is 10.0 Å². The lowest BCUT2D eigenvalue weighted by Gasteiger charge is -2.13. The van der Waals surface area contributed by atoms with Gasteiger partial charge in [0.1, 0.15) is 17.3 Å². The zero-order chi connectivity index (χ0) is 21.3. The summed E-state index contributed by atoms with van der Waals surface area (Å²) in [6.07, 6.45) is 1.56. The van der Waals surface area contributed by atoms with Gasteiger partial charge in [-0.15, -0.1) is 0 Å². The van der Waals surface area contributed by atoms with Crippen LogP contribution in [0, 0.1) is 0 Å². The molecular formula is C22H15Cl2NO4S. The second-order valence-electron chi connectivity index (χ2n) is 6.27. The van der Waals surface area contributed by atoms with Crippen molar-refractivity contribution in [3.8, 4) is 17.1 Å². The van der Waals surface area contributed by atoms with Gasteiger partial charge in [0.25, 0.3) is 11.1 Å². The molecule has 0 aliphatic carbocycles. The summed E-state index contributed by atoms with van der Waals surface area (Å²) in [6.45, 7) is 2.42.